The molecule has 1 aromatic heterocycles. The average molecular weight is 317 g/mol. The SMILES string of the molecule is Cc1ccnc(Cl)c1NC(=O)c1cc(F)c(Cl)cc1F. The van der Waals surface area contributed by atoms with E-state index in [0.717, 1.165) is 12.1 Å². The number of carbonyl (C=O) groups is 1. The number of benzene rings is 1. The second kappa shape index (κ2) is 5.73. The number of nitrogens with zero attached hydrogens (tertiary/aromatic N) is 1. The Morgan fingerprint density at radius 2 is 1.95 bits per heavy atom. The van der Waals surface area contributed by atoms with Gasteiger partial charge in [-0.25, -0.2) is 13.8 Å². The van der Waals surface area contributed by atoms with Gasteiger partial charge in [0.1, 0.15) is 11.6 Å². The van der Waals surface area contributed by atoms with Crippen LogP contribution in [-0.2, 0) is 0 Å². The van der Waals surface area contributed by atoms with Gasteiger partial charge in [0.25, 0.3) is 5.91 Å². The first-order chi connectivity index (χ1) is 9.40. The van der Waals surface area contributed by atoms with E-state index in [1.165, 1.54) is 6.20 Å². The van der Waals surface area contributed by atoms with Crippen molar-refractivity contribution in [2.75, 3.05) is 5.32 Å². The maximum Gasteiger partial charge on any atom is 0.258 e. The van der Waals surface area contributed by atoms with Crippen molar-refractivity contribution < 1.29 is 13.6 Å². The lowest BCUT2D eigenvalue weighted by Gasteiger charge is -2.10. The summed E-state index contributed by atoms with van der Waals surface area (Å²) in [5.74, 6) is -2.64. The summed E-state index contributed by atoms with van der Waals surface area (Å²) in [6.07, 6.45) is 1.47. The third-order valence-electron chi connectivity index (χ3n) is 2.61. The Morgan fingerprint density at radius 3 is 2.60 bits per heavy atom. The third kappa shape index (κ3) is 2.89. The van der Waals surface area contributed by atoms with Gasteiger partial charge in [-0.3, -0.25) is 4.79 Å². The van der Waals surface area contributed by atoms with Gasteiger partial charge in [-0.1, -0.05) is 23.2 Å². The lowest BCUT2D eigenvalue weighted by atomic mass is 10.1. The second-order valence-electron chi connectivity index (χ2n) is 3.99. The van der Waals surface area contributed by atoms with Crippen molar-refractivity contribution in [2.45, 2.75) is 6.92 Å². The van der Waals surface area contributed by atoms with E-state index >= 15 is 0 Å². The zero-order valence-corrected chi connectivity index (χ0v) is 11.7. The number of aromatic nitrogens is 1. The molecule has 0 unspecified atom stereocenters. The van der Waals surface area contributed by atoms with E-state index in [2.05, 4.69) is 10.3 Å². The molecule has 104 valence electrons. The van der Waals surface area contributed by atoms with Crippen LogP contribution in [0.2, 0.25) is 10.2 Å². The minimum atomic E-state index is -0.924. The largest absolute Gasteiger partial charge is 0.319 e. The molecule has 1 heterocycles. The number of nitrogens with one attached hydrogen (secondary N) is 1. The summed E-state index contributed by atoms with van der Waals surface area (Å²) in [5.41, 5.74) is 0.424. The van der Waals surface area contributed by atoms with Crippen LogP contribution in [0.15, 0.2) is 24.4 Å². The Morgan fingerprint density at radius 1 is 1.25 bits per heavy atom. The highest BCUT2D eigenvalue weighted by molar-refractivity contribution is 6.33. The second-order valence-corrected chi connectivity index (χ2v) is 4.76. The summed E-state index contributed by atoms with van der Waals surface area (Å²) in [4.78, 5) is 15.8. The van der Waals surface area contributed by atoms with Gasteiger partial charge in [0.2, 0.25) is 0 Å². The summed E-state index contributed by atoms with van der Waals surface area (Å²) in [5, 5.41) is 2.07. The molecule has 1 N–H and O–H groups in total. The highest BCUT2D eigenvalue weighted by Gasteiger charge is 2.17. The van der Waals surface area contributed by atoms with E-state index in [1.54, 1.807) is 13.0 Å². The van der Waals surface area contributed by atoms with E-state index in [1.807, 2.05) is 0 Å². The number of hydrogen-bond acceptors (Lipinski definition) is 2. The van der Waals surface area contributed by atoms with E-state index in [4.69, 9.17) is 23.2 Å². The normalized spacial score (nSPS) is 10.4. The highest BCUT2D eigenvalue weighted by Crippen LogP contribution is 2.25. The third-order valence-corrected chi connectivity index (χ3v) is 3.18. The minimum Gasteiger partial charge on any atom is -0.319 e. The molecule has 20 heavy (non-hydrogen) atoms. The lowest BCUT2D eigenvalue weighted by Crippen LogP contribution is -2.15. The molecular weight excluding hydrogens is 309 g/mol. The van der Waals surface area contributed by atoms with Crippen LogP contribution in [0.5, 0.6) is 0 Å². The molecule has 0 atom stereocenters. The number of aryl methyl sites for hydroxylation is 1. The number of hydrogen-bond donors (Lipinski definition) is 1. The van der Waals surface area contributed by atoms with Gasteiger partial charge in [0.15, 0.2) is 5.15 Å². The van der Waals surface area contributed by atoms with Crippen molar-refractivity contribution in [1.82, 2.24) is 4.98 Å². The maximum absolute atomic E-state index is 13.6. The van der Waals surface area contributed by atoms with E-state index in [9.17, 15) is 13.6 Å². The van der Waals surface area contributed by atoms with Crippen LogP contribution in [0.3, 0.4) is 0 Å². The van der Waals surface area contributed by atoms with Crippen molar-refractivity contribution >= 4 is 34.8 Å². The molecule has 1 amide bonds. The fourth-order valence-electron chi connectivity index (χ4n) is 1.55. The summed E-state index contributed by atoms with van der Waals surface area (Å²) in [6.45, 7) is 1.70. The first kappa shape index (κ1) is 14.7. The topological polar surface area (TPSA) is 42.0 Å². The molecule has 2 rings (SSSR count). The van der Waals surface area contributed by atoms with Crippen molar-refractivity contribution in [3.8, 4) is 0 Å². The molecule has 0 radical (unpaired) electrons. The van der Waals surface area contributed by atoms with Gasteiger partial charge >= 0.3 is 0 Å². The van der Waals surface area contributed by atoms with Crippen LogP contribution in [0.25, 0.3) is 0 Å². The Hall–Kier alpha value is -1.72. The Kier molecular flexibility index (Phi) is 4.20. The molecule has 0 saturated heterocycles. The Labute approximate surface area is 123 Å². The number of anilines is 1. The molecule has 0 spiro atoms. The van der Waals surface area contributed by atoms with Gasteiger partial charge < -0.3 is 5.32 Å². The van der Waals surface area contributed by atoms with Gasteiger partial charge in [-0.15, -0.1) is 0 Å². The fraction of sp³-hybridized carbons (Fsp3) is 0.0769. The van der Waals surface area contributed by atoms with E-state index in [0.29, 0.717) is 5.56 Å². The van der Waals surface area contributed by atoms with Crippen LogP contribution in [0.4, 0.5) is 14.5 Å². The molecule has 7 heteroatoms. The molecule has 0 aliphatic carbocycles. The van der Waals surface area contributed by atoms with Gasteiger partial charge in [0.05, 0.1) is 16.3 Å². The van der Waals surface area contributed by atoms with Crippen molar-refractivity contribution in [3.05, 3.63) is 57.3 Å². The number of pyridine rings is 1. The number of halogens is 4. The first-order valence-corrected chi connectivity index (χ1v) is 6.22. The van der Waals surface area contributed by atoms with Crippen molar-refractivity contribution in [1.29, 1.82) is 0 Å². The minimum absolute atomic E-state index is 0.0631. The summed E-state index contributed by atoms with van der Waals surface area (Å²) in [7, 11) is 0. The van der Waals surface area contributed by atoms with Crippen LogP contribution in [-0.4, -0.2) is 10.9 Å². The standard InChI is InChI=1S/C13H8Cl2F2N2O/c1-6-2-3-18-12(15)11(6)19-13(20)7-4-10(17)8(14)5-9(7)16/h2-5H,1H3,(H,19,20). The number of rotatable bonds is 2. The van der Waals surface area contributed by atoms with Crippen LogP contribution in [0, 0.1) is 18.6 Å². The van der Waals surface area contributed by atoms with Crippen LogP contribution >= 0.6 is 23.2 Å². The molecule has 0 aliphatic rings. The Balaban J connectivity index is 2.36. The smallest absolute Gasteiger partial charge is 0.258 e. The van der Waals surface area contributed by atoms with Crippen LogP contribution < -0.4 is 5.32 Å². The van der Waals surface area contributed by atoms with Gasteiger partial charge in [-0.2, -0.15) is 0 Å². The fourth-order valence-corrected chi connectivity index (χ4v) is 1.96. The van der Waals surface area contributed by atoms with Crippen LogP contribution in [0.1, 0.15) is 15.9 Å². The van der Waals surface area contributed by atoms with Crippen molar-refractivity contribution in [2.24, 2.45) is 0 Å². The van der Waals surface area contributed by atoms with Gasteiger partial charge in [-0.05, 0) is 30.7 Å². The lowest BCUT2D eigenvalue weighted by molar-refractivity contribution is 0.102. The molecule has 2 aromatic rings. The predicted molar refractivity (Wildman–Crippen MR) is 73.3 cm³/mol. The molecule has 0 saturated carbocycles. The molecule has 3 nitrogen and oxygen atoms in total. The quantitative estimate of drug-likeness (QED) is 0.665. The average Bonchev–Trinajstić information content (AvgIpc) is 2.38. The number of amides is 1. The molecular formula is C13H8Cl2F2N2O. The first-order valence-electron chi connectivity index (χ1n) is 5.47. The van der Waals surface area contributed by atoms with E-state index in [-0.39, 0.29) is 10.8 Å². The maximum atomic E-state index is 13.6. The predicted octanol–water partition coefficient (Wildman–Crippen LogP) is 4.23. The number of carbonyl (C=O) groups excluding carboxylic acids is 1. The summed E-state index contributed by atoms with van der Waals surface area (Å²) < 4.78 is 26.9. The monoisotopic (exact) mass is 316 g/mol. The van der Waals surface area contributed by atoms with Crippen molar-refractivity contribution in [3.63, 3.8) is 0 Å². The zero-order chi connectivity index (χ0) is 14.9. The Bertz CT molecular complexity index is 672. The van der Waals surface area contributed by atoms with Gasteiger partial charge in [0, 0.05) is 6.20 Å². The summed E-state index contributed by atoms with van der Waals surface area (Å²) in [6, 6.07) is 3.09. The molecule has 0 aliphatic heterocycles. The zero-order valence-electron chi connectivity index (χ0n) is 10.2. The molecule has 1 aromatic carbocycles. The molecule has 0 bridgehead atoms. The highest BCUT2D eigenvalue weighted by atomic mass is 35.5. The molecule has 0 fully saturated rings. The summed E-state index contributed by atoms with van der Waals surface area (Å²) >= 11 is 11.3. The van der Waals surface area contributed by atoms with E-state index < -0.39 is 28.1 Å².